The van der Waals surface area contributed by atoms with Crippen LogP contribution in [-0.2, 0) is 20.7 Å². The summed E-state index contributed by atoms with van der Waals surface area (Å²) in [6.07, 6.45) is 2.74. The summed E-state index contributed by atoms with van der Waals surface area (Å²) < 4.78 is 6.20. The molecule has 5 nitrogen and oxygen atoms in total. The minimum atomic E-state index is -0.350. The van der Waals surface area contributed by atoms with Gasteiger partial charge in [0.2, 0.25) is 0 Å². The van der Waals surface area contributed by atoms with Crippen LogP contribution in [0.4, 0.5) is 5.69 Å². The van der Waals surface area contributed by atoms with Crippen molar-refractivity contribution in [2.45, 2.75) is 25.7 Å². The maximum Gasteiger partial charge on any atom is 0.306 e. The SMILES string of the molecule is O=C(COC(=O)CCCCc1nc2ccccc2s1)Nc1ccccc1. The van der Waals surface area contributed by atoms with Gasteiger partial charge in [-0.2, -0.15) is 0 Å². The molecule has 0 spiro atoms. The molecule has 26 heavy (non-hydrogen) atoms. The molecule has 0 unspecified atom stereocenters. The van der Waals surface area contributed by atoms with Gasteiger partial charge in [-0.15, -0.1) is 11.3 Å². The van der Waals surface area contributed by atoms with Crippen LogP contribution in [0.1, 0.15) is 24.3 Å². The fourth-order valence-electron chi connectivity index (χ4n) is 2.51. The number of thiazole rings is 1. The number of amides is 1. The lowest BCUT2D eigenvalue weighted by Crippen LogP contribution is -2.20. The fraction of sp³-hybridized carbons (Fsp3) is 0.250. The number of aryl methyl sites for hydroxylation is 1. The summed E-state index contributed by atoms with van der Waals surface area (Å²) in [5.41, 5.74) is 1.71. The van der Waals surface area contributed by atoms with Crippen molar-refractivity contribution in [3.8, 4) is 0 Å². The van der Waals surface area contributed by atoms with Crippen LogP contribution in [0, 0.1) is 0 Å². The molecule has 0 atom stereocenters. The summed E-state index contributed by atoms with van der Waals surface area (Å²) in [5, 5.41) is 3.76. The van der Waals surface area contributed by atoms with Gasteiger partial charge in [0.1, 0.15) is 0 Å². The first kappa shape index (κ1) is 18.1. The minimum Gasteiger partial charge on any atom is -0.456 e. The lowest BCUT2D eigenvalue weighted by molar-refractivity contribution is -0.147. The zero-order chi connectivity index (χ0) is 18.2. The number of unbranched alkanes of at least 4 members (excludes halogenated alkanes) is 1. The summed E-state index contributed by atoms with van der Waals surface area (Å²) in [7, 11) is 0. The van der Waals surface area contributed by atoms with Gasteiger partial charge in [0.05, 0.1) is 15.2 Å². The Hall–Kier alpha value is -2.73. The molecule has 1 heterocycles. The van der Waals surface area contributed by atoms with Gasteiger partial charge in [-0.1, -0.05) is 30.3 Å². The number of esters is 1. The lowest BCUT2D eigenvalue weighted by atomic mass is 10.2. The van der Waals surface area contributed by atoms with Crippen molar-refractivity contribution < 1.29 is 14.3 Å². The normalized spacial score (nSPS) is 10.6. The Bertz CT molecular complexity index is 844. The molecule has 0 fully saturated rings. The first-order valence-corrected chi connectivity index (χ1v) is 9.37. The number of nitrogens with one attached hydrogen (secondary N) is 1. The number of para-hydroxylation sites is 2. The number of nitrogens with zero attached hydrogens (tertiary/aromatic N) is 1. The standard InChI is InChI=1S/C20H20N2O3S/c23-18(21-15-8-2-1-3-9-15)14-25-20(24)13-7-6-12-19-22-16-10-4-5-11-17(16)26-19/h1-5,8-11H,6-7,12-14H2,(H,21,23). The number of fused-ring (bicyclic) bond motifs is 1. The number of rotatable bonds is 8. The monoisotopic (exact) mass is 368 g/mol. The second-order valence-electron chi connectivity index (χ2n) is 5.86. The van der Waals surface area contributed by atoms with Crippen molar-refractivity contribution in [2.24, 2.45) is 0 Å². The highest BCUT2D eigenvalue weighted by molar-refractivity contribution is 7.18. The molecule has 2 aromatic carbocycles. The zero-order valence-electron chi connectivity index (χ0n) is 14.3. The minimum absolute atomic E-state index is 0.258. The number of hydrogen-bond donors (Lipinski definition) is 1. The Morgan fingerprint density at radius 3 is 2.58 bits per heavy atom. The van der Waals surface area contributed by atoms with Crippen molar-refractivity contribution in [1.82, 2.24) is 4.98 Å². The van der Waals surface area contributed by atoms with Crippen molar-refractivity contribution in [3.05, 3.63) is 59.6 Å². The van der Waals surface area contributed by atoms with Crippen LogP contribution in [0.25, 0.3) is 10.2 Å². The molecule has 0 aliphatic heterocycles. The maximum atomic E-state index is 11.7. The van der Waals surface area contributed by atoms with Crippen LogP contribution >= 0.6 is 11.3 Å². The number of aromatic nitrogens is 1. The van der Waals surface area contributed by atoms with Crippen molar-refractivity contribution in [3.63, 3.8) is 0 Å². The van der Waals surface area contributed by atoms with Crippen LogP contribution in [0.2, 0.25) is 0 Å². The lowest BCUT2D eigenvalue weighted by Gasteiger charge is -2.06. The molecule has 6 heteroatoms. The van der Waals surface area contributed by atoms with E-state index in [4.69, 9.17) is 4.74 Å². The van der Waals surface area contributed by atoms with Gasteiger partial charge in [0.25, 0.3) is 5.91 Å². The number of hydrogen-bond acceptors (Lipinski definition) is 5. The third kappa shape index (κ3) is 5.39. The van der Waals surface area contributed by atoms with E-state index in [9.17, 15) is 9.59 Å². The van der Waals surface area contributed by atoms with E-state index < -0.39 is 0 Å². The second-order valence-corrected chi connectivity index (χ2v) is 6.97. The molecular formula is C20H20N2O3S. The van der Waals surface area contributed by atoms with Crippen molar-refractivity contribution >= 4 is 39.1 Å². The van der Waals surface area contributed by atoms with E-state index in [1.807, 2.05) is 36.4 Å². The Morgan fingerprint density at radius 1 is 1.00 bits per heavy atom. The van der Waals surface area contributed by atoms with Gasteiger partial charge >= 0.3 is 5.97 Å². The topological polar surface area (TPSA) is 68.3 Å². The van der Waals surface area contributed by atoms with Gasteiger partial charge < -0.3 is 10.1 Å². The molecule has 134 valence electrons. The highest BCUT2D eigenvalue weighted by atomic mass is 32.1. The Kier molecular flexibility index (Phi) is 6.33. The zero-order valence-corrected chi connectivity index (χ0v) is 15.1. The van der Waals surface area contributed by atoms with Gasteiger partial charge in [-0.3, -0.25) is 9.59 Å². The summed E-state index contributed by atoms with van der Waals surface area (Å²) in [6, 6.07) is 17.1. The Labute approximate surface area is 156 Å². The number of anilines is 1. The Balaban J connectivity index is 1.32. The summed E-state index contributed by atoms with van der Waals surface area (Å²) in [5.74, 6) is -0.684. The van der Waals surface area contributed by atoms with Gasteiger partial charge in [-0.05, 0) is 43.5 Å². The number of ether oxygens (including phenoxy) is 1. The molecule has 0 aliphatic rings. The molecule has 3 aromatic rings. The predicted octanol–water partition coefficient (Wildman–Crippen LogP) is 4.19. The summed E-state index contributed by atoms with van der Waals surface area (Å²) >= 11 is 1.69. The summed E-state index contributed by atoms with van der Waals surface area (Å²) in [4.78, 5) is 28.0. The first-order chi connectivity index (χ1) is 12.7. The summed E-state index contributed by atoms with van der Waals surface area (Å²) in [6.45, 7) is -0.258. The largest absolute Gasteiger partial charge is 0.456 e. The van der Waals surface area contributed by atoms with Crippen molar-refractivity contribution in [1.29, 1.82) is 0 Å². The van der Waals surface area contributed by atoms with E-state index >= 15 is 0 Å². The van der Waals surface area contributed by atoms with Gasteiger partial charge in [0, 0.05) is 12.1 Å². The van der Waals surface area contributed by atoms with E-state index in [2.05, 4.69) is 16.4 Å². The first-order valence-electron chi connectivity index (χ1n) is 8.56. The molecule has 0 radical (unpaired) electrons. The highest BCUT2D eigenvalue weighted by Crippen LogP contribution is 2.22. The van der Waals surface area contributed by atoms with Crippen molar-refractivity contribution in [2.75, 3.05) is 11.9 Å². The molecule has 0 bridgehead atoms. The van der Waals surface area contributed by atoms with Crippen LogP contribution in [0.15, 0.2) is 54.6 Å². The predicted molar refractivity (Wildman–Crippen MR) is 103 cm³/mol. The number of carbonyl (C=O) groups excluding carboxylic acids is 2. The number of carbonyl (C=O) groups is 2. The van der Waals surface area contributed by atoms with E-state index in [1.165, 1.54) is 4.70 Å². The van der Waals surface area contributed by atoms with E-state index in [0.29, 0.717) is 12.1 Å². The molecule has 0 saturated carbocycles. The smallest absolute Gasteiger partial charge is 0.306 e. The molecular weight excluding hydrogens is 348 g/mol. The third-order valence-corrected chi connectivity index (χ3v) is 4.88. The molecule has 1 amide bonds. The highest BCUT2D eigenvalue weighted by Gasteiger charge is 2.08. The fourth-order valence-corrected chi connectivity index (χ4v) is 3.52. The van der Waals surface area contributed by atoms with E-state index in [1.54, 1.807) is 23.5 Å². The van der Waals surface area contributed by atoms with Crippen LogP contribution in [0.3, 0.4) is 0 Å². The second kappa shape index (κ2) is 9.10. The quantitative estimate of drug-likeness (QED) is 0.478. The van der Waals surface area contributed by atoms with Gasteiger partial charge in [-0.25, -0.2) is 4.98 Å². The number of benzene rings is 2. The average Bonchev–Trinajstić information content (AvgIpc) is 3.07. The van der Waals surface area contributed by atoms with E-state index in [0.717, 1.165) is 29.8 Å². The molecule has 0 aliphatic carbocycles. The van der Waals surface area contributed by atoms with Crippen LogP contribution < -0.4 is 5.32 Å². The van der Waals surface area contributed by atoms with Crippen LogP contribution in [0.5, 0.6) is 0 Å². The van der Waals surface area contributed by atoms with Gasteiger partial charge in [0.15, 0.2) is 6.61 Å². The van der Waals surface area contributed by atoms with E-state index in [-0.39, 0.29) is 18.5 Å². The maximum absolute atomic E-state index is 11.7. The average molecular weight is 368 g/mol. The molecule has 3 rings (SSSR count). The molecule has 0 saturated heterocycles. The molecule has 1 aromatic heterocycles. The Morgan fingerprint density at radius 2 is 1.77 bits per heavy atom. The van der Waals surface area contributed by atoms with Crippen LogP contribution in [-0.4, -0.2) is 23.5 Å². The third-order valence-electron chi connectivity index (χ3n) is 3.78. The molecule has 1 N–H and O–H groups in total.